The quantitative estimate of drug-likeness (QED) is 0.837. The third-order valence-corrected chi connectivity index (χ3v) is 5.19. The molecule has 3 N–H and O–H groups in total. The monoisotopic (exact) mass is 286 g/mol. The van der Waals surface area contributed by atoms with Crippen molar-refractivity contribution >= 4 is 15.7 Å². The minimum absolute atomic E-state index is 0.115. The minimum Gasteiger partial charge on any atom is -0.399 e. The van der Waals surface area contributed by atoms with Crippen molar-refractivity contribution in [3.63, 3.8) is 0 Å². The van der Waals surface area contributed by atoms with E-state index >= 15 is 0 Å². The van der Waals surface area contributed by atoms with Gasteiger partial charge in [-0.3, -0.25) is 0 Å². The largest absolute Gasteiger partial charge is 0.399 e. The van der Waals surface area contributed by atoms with Crippen LogP contribution in [0.4, 0.5) is 10.1 Å². The number of hydrogen-bond donors (Lipinski definition) is 2. The Morgan fingerprint density at radius 2 is 2.00 bits per heavy atom. The van der Waals surface area contributed by atoms with E-state index in [4.69, 9.17) is 5.73 Å². The summed E-state index contributed by atoms with van der Waals surface area (Å²) in [6, 6.07) is 3.51. The summed E-state index contributed by atoms with van der Waals surface area (Å²) in [4.78, 5) is -0.334. The molecule has 6 heteroatoms. The van der Waals surface area contributed by atoms with E-state index in [1.165, 1.54) is 12.1 Å². The summed E-state index contributed by atoms with van der Waals surface area (Å²) in [6.45, 7) is 2.02. The zero-order chi connectivity index (χ0) is 14.0. The fourth-order valence-corrected chi connectivity index (χ4v) is 3.93. The van der Waals surface area contributed by atoms with Crippen LogP contribution in [0.5, 0.6) is 0 Å². The molecule has 1 aliphatic carbocycles. The zero-order valence-electron chi connectivity index (χ0n) is 10.9. The molecule has 2 unspecified atom stereocenters. The Kier molecular flexibility index (Phi) is 4.10. The van der Waals surface area contributed by atoms with E-state index in [0.717, 1.165) is 31.7 Å². The van der Waals surface area contributed by atoms with E-state index < -0.39 is 15.8 Å². The van der Waals surface area contributed by atoms with E-state index in [1.807, 2.05) is 6.92 Å². The van der Waals surface area contributed by atoms with Crippen molar-refractivity contribution in [2.45, 2.75) is 43.5 Å². The maximum Gasteiger partial charge on any atom is 0.243 e. The highest BCUT2D eigenvalue weighted by Gasteiger charge is 2.28. The number of nitrogen functional groups attached to an aromatic ring is 1. The molecule has 0 saturated heterocycles. The molecule has 0 aromatic heterocycles. The molecule has 0 heterocycles. The summed E-state index contributed by atoms with van der Waals surface area (Å²) in [5.41, 5.74) is 5.63. The van der Waals surface area contributed by atoms with E-state index in [2.05, 4.69) is 4.72 Å². The van der Waals surface area contributed by atoms with Crippen LogP contribution in [0, 0.1) is 11.7 Å². The molecule has 19 heavy (non-hydrogen) atoms. The molecule has 1 fully saturated rings. The summed E-state index contributed by atoms with van der Waals surface area (Å²) in [5, 5.41) is 0. The van der Waals surface area contributed by atoms with E-state index in [9.17, 15) is 12.8 Å². The van der Waals surface area contributed by atoms with Gasteiger partial charge in [-0.2, -0.15) is 0 Å². The van der Waals surface area contributed by atoms with Crippen molar-refractivity contribution in [2.24, 2.45) is 5.92 Å². The minimum atomic E-state index is -3.82. The molecule has 1 aliphatic rings. The van der Waals surface area contributed by atoms with Gasteiger partial charge >= 0.3 is 0 Å². The standard InChI is InChI=1S/C13H19FN2O2S/c1-9-4-2-3-5-12(9)16-19(17,18)13-7-6-10(15)8-11(13)14/h6-9,12,16H,2-5,15H2,1H3. The smallest absolute Gasteiger partial charge is 0.243 e. The molecule has 106 valence electrons. The summed E-state index contributed by atoms with van der Waals surface area (Å²) in [5.74, 6) is -0.531. The van der Waals surface area contributed by atoms with Crippen molar-refractivity contribution in [3.8, 4) is 0 Å². The Morgan fingerprint density at radius 3 is 2.63 bits per heavy atom. The zero-order valence-corrected chi connectivity index (χ0v) is 11.7. The Labute approximate surface area is 113 Å². The number of sulfonamides is 1. The molecule has 0 spiro atoms. The first kappa shape index (κ1) is 14.3. The fourth-order valence-electron chi connectivity index (χ4n) is 2.49. The summed E-state index contributed by atoms with van der Waals surface area (Å²) >= 11 is 0. The van der Waals surface area contributed by atoms with E-state index in [-0.39, 0.29) is 22.5 Å². The van der Waals surface area contributed by atoms with Crippen LogP contribution in [0.15, 0.2) is 23.1 Å². The molecule has 2 rings (SSSR count). The molecular formula is C13H19FN2O2S. The SMILES string of the molecule is CC1CCCCC1NS(=O)(=O)c1ccc(N)cc1F. The van der Waals surface area contributed by atoms with E-state index in [1.54, 1.807) is 0 Å². The van der Waals surface area contributed by atoms with Gasteiger partial charge in [0, 0.05) is 11.7 Å². The van der Waals surface area contributed by atoms with Crippen LogP contribution >= 0.6 is 0 Å². The van der Waals surface area contributed by atoms with Crippen LogP contribution in [-0.2, 0) is 10.0 Å². The van der Waals surface area contributed by atoms with Gasteiger partial charge in [0.1, 0.15) is 10.7 Å². The Hall–Kier alpha value is -1.14. The molecule has 4 nitrogen and oxygen atoms in total. The highest BCUT2D eigenvalue weighted by molar-refractivity contribution is 7.89. The third kappa shape index (κ3) is 3.25. The van der Waals surface area contributed by atoms with Crippen LogP contribution in [0.2, 0.25) is 0 Å². The van der Waals surface area contributed by atoms with Gasteiger partial charge in [0.05, 0.1) is 0 Å². The molecule has 0 bridgehead atoms. The molecular weight excluding hydrogens is 267 g/mol. The number of nitrogens with one attached hydrogen (secondary N) is 1. The lowest BCUT2D eigenvalue weighted by atomic mass is 9.87. The second kappa shape index (κ2) is 5.46. The maximum absolute atomic E-state index is 13.7. The summed E-state index contributed by atoms with van der Waals surface area (Å²) < 4.78 is 40.7. The lowest BCUT2D eigenvalue weighted by Gasteiger charge is -2.29. The Morgan fingerprint density at radius 1 is 1.32 bits per heavy atom. The number of nitrogens with two attached hydrogens (primary N) is 1. The third-order valence-electron chi connectivity index (χ3n) is 3.66. The molecule has 0 radical (unpaired) electrons. The number of benzene rings is 1. The van der Waals surface area contributed by atoms with E-state index in [0.29, 0.717) is 0 Å². The van der Waals surface area contributed by atoms with Gasteiger partial charge in [-0.05, 0) is 37.0 Å². The van der Waals surface area contributed by atoms with Crippen molar-refractivity contribution in [1.29, 1.82) is 0 Å². The van der Waals surface area contributed by atoms with Crippen molar-refractivity contribution in [3.05, 3.63) is 24.0 Å². The van der Waals surface area contributed by atoms with Crippen LogP contribution in [0.3, 0.4) is 0 Å². The van der Waals surface area contributed by atoms with Gasteiger partial charge in [-0.25, -0.2) is 17.5 Å². The summed E-state index contributed by atoms with van der Waals surface area (Å²) in [6.07, 6.45) is 3.92. The molecule has 0 aliphatic heterocycles. The van der Waals surface area contributed by atoms with Crippen molar-refractivity contribution < 1.29 is 12.8 Å². The first-order valence-electron chi connectivity index (χ1n) is 6.47. The van der Waals surface area contributed by atoms with Crippen molar-refractivity contribution in [1.82, 2.24) is 4.72 Å². The lowest BCUT2D eigenvalue weighted by Crippen LogP contribution is -2.41. The molecule has 0 amide bonds. The van der Waals surface area contributed by atoms with Crippen LogP contribution in [0.25, 0.3) is 0 Å². The normalized spacial score (nSPS) is 24.3. The highest BCUT2D eigenvalue weighted by atomic mass is 32.2. The van der Waals surface area contributed by atoms with Gasteiger partial charge in [0.25, 0.3) is 0 Å². The van der Waals surface area contributed by atoms with Crippen molar-refractivity contribution in [2.75, 3.05) is 5.73 Å². The first-order valence-corrected chi connectivity index (χ1v) is 7.96. The molecule has 1 aromatic rings. The molecule has 2 atom stereocenters. The predicted molar refractivity (Wildman–Crippen MR) is 72.6 cm³/mol. The number of hydrogen-bond acceptors (Lipinski definition) is 3. The highest BCUT2D eigenvalue weighted by Crippen LogP contribution is 2.26. The van der Waals surface area contributed by atoms with Gasteiger partial charge in [-0.15, -0.1) is 0 Å². The Bertz CT molecular complexity index is 560. The van der Waals surface area contributed by atoms with Gasteiger partial charge < -0.3 is 5.73 Å². The Balaban J connectivity index is 2.22. The van der Waals surface area contributed by atoms with Gasteiger partial charge in [0.2, 0.25) is 10.0 Å². The van der Waals surface area contributed by atoms with Crippen LogP contribution < -0.4 is 10.5 Å². The topological polar surface area (TPSA) is 72.2 Å². The second-order valence-electron chi connectivity index (χ2n) is 5.18. The predicted octanol–water partition coefficient (Wildman–Crippen LogP) is 2.26. The van der Waals surface area contributed by atoms with Gasteiger partial charge in [-0.1, -0.05) is 19.8 Å². The first-order chi connectivity index (χ1) is 8.90. The second-order valence-corrected chi connectivity index (χ2v) is 6.86. The average Bonchev–Trinajstić information content (AvgIpc) is 2.31. The average molecular weight is 286 g/mol. The van der Waals surface area contributed by atoms with Gasteiger partial charge in [0.15, 0.2) is 0 Å². The number of anilines is 1. The number of halogens is 1. The number of rotatable bonds is 3. The van der Waals surface area contributed by atoms with Crippen LogP contribution in [-0.4, -0.2) is 14.5 Å². The van der Waals surface area contributed by atoms with Crippen LogP contribution in [0.1, 0.15) is 32.6 Å². The molecule has 1 aromatic carbocycles. The molecule has 1 saturated carbocycles. The maximum atomic E-state index is 13.7. The lowest BCUT2D eigenvalue weighted by molar-refractivity contribution is 0.310. The summed E-state index contributed by atoms with van der Waals surface area (Å²) in [7, 11) is -3.82. The fraction of sp³-hybridized carbons (Fsp3) is 0.538.